The van der Waals surface area contributed by atoms with E-state index in [1.54, 1.807) is 0 Å². The van der Waals surface area contributed by atoms with Gasteiger partial charge in [0.25, 0.3) is 0 Å². The Morgan fingerprint density at radius 1 is 1.04 bits per heavy atom. The Morgan fingerprint density at radius 2 is 1.74 bits per heavy atom. The van der Waals surface area contributed by atoms with Gasteiger partial charge in [0.05, 0.1) is 19.6 Å². The molecule has 2 aromatic rings. The summed E-state index contributed by atoms with van der Waals surface area (Å²) < 4.78 is 4.89. The van der Waals surface area contributed by atoms with Crippen LogP contribution in [0.3, 0.4) is 0 Å². The maximum atomic E-state index is 11.9. The van der Waals surface area contributed by atoms with Gasteiger partial charge in [-0.15, -0.1) is 0 Å². The third kappa shape index (κ3) is 5.85. The van der Waals surface area contributed by atoms with Gasteiger partial charge >= 0.3 is 5.97 Å². The molecular formula is C19H23NO3. The van der Waals surface area contributed by atoms with E-state index < -0.39 is 0 Å². The summed E-state index contributed by atoms with van der Waals surface area (Å²) in [6.45, 7) is 2.91. The number of benzene rings is 2. The SMILES string of the molecule is COC(=O)C(CNOCc1ccccc1)Cc1ccc(C)cc1. The number of rotatable bonds is 8. The van der Waals surface area contributed by atoms with Crippen molar-refractivity contribution in [1.29, 1.82) is 0 Å². The molecule has 0 aliphatic heterocycles. The molecule has 0 saturated heterocycles. The molecule has 0 radical (unpaired) electrons. The fourth-order valence-electron chi connectivity index (χ4n) is 2.28. The molecule has 2 aromatic carbocycles. The van der Waals surface area contributed by atoms with Crippen molar-refractivity contribution >= 4 is 5.97 Å². The minimum absolute atomic E-state index is 0.235. The van der Waals surface area contributed by atoms with Gasteiger partial charge in [-0.3, -0.25) is 9.63 Å². The van der Waals surface area contributed by atoms with Crippen LogP contribution in [0.15, 0.2) is 54.6 Å². The van der Waals surface area contributed by atoms with Gasteiger partial charge in [-0.1, -0.05) is 60.2 Å². The van der Waals surface area contributed by atoms with E-state index in [1.165, 1.54) is 12.7 Å². The molecule has 0 fully saturated rings. The van der Waals surface area contributed by atoms with E-state index in [9.17, 15) is 4.79 Å². The number of carbonyl (C=O) groups is 1. The number of hydrogen-bond acceptors (Lipinski definition) is 4. The molecule has 0 heterocycles. The zero-order valence-electron chi connectivity index (χ0n) is 13.6. The smallest absolute Gasteiger partial charge is 0.310 e. The van der Waals surface area contributed by atoms with Crippen LogP contribution >= 0.6 is 0 Å². The van der Waals surface area contributed by atoms with E-state index in [1.807, 2.05) is 61.5 Å². The van der Waals surface area contributed by atoms with Gasteiger partial charge in [-0.2, -0.15) is 0 Å². The number of ether oxygens (including phenoxy) is 1. The van der Waals surface area contributed by atoms with Gasteiger partial charge < -0.3 is 4.74 Å². The highest BCUT2D eigenvalue weighted by atomic mass is 16.6. The van der Waals surface area contributed by atoms with Gasteiger partial charge in [0.1, 0.15) is 0 Å². The summed E-state index contributed by atoms with van der Waals surface area (Å²) in [5.41, 5.74) is 6.27. The zero-order chi connectivity index (χ0) is 16.5. The van der Waals surface area contributed by atoms with Crippen molar-refractivity contribution in [3.05, 3.63) is 71.3 Å². The topological polar surface area (TPSA) is 47.6 Å². The first-order chi connectivity index (χ1) is 11.2. The predicted octanol–water partition coefficient (Wildman–Crippen LogP) is 3.05. The molecule has 122 valence electrons. The summed E-state index contributed by atoms with van der Waals surface area (Å²) in [6, 6.07) is 18.0. The normalized spacial score (nSPS) is 11.9. The number of carbonyl (C=O) groups excluding carboxylic acids is 1. The second-order valence-corrected chi connectivity index (χ2v) is 5.53. The zero-order valence-corrected chi connectivity index (χ0v) is 13.6. The van der Waals surface area contributed by atoms with Crippen LogP contribution in [0, 0.1) is 12.8 Å². The number of aryl methyl sites for hydroxylation is 1. The number of nitrogens with one attached hydrogen (secondary N) is 1. The lowest BCUT2D eigenvalue weighted by Crippen LogP contribution is -2.31. The Kier molecular flexibility index (Phi) is 6.78. The molecule has 0 amide bonds. The minimum atomic E-state index is -0.279. The van der Waals surface area contributed by atoms with Crippen LogP contribution in [0.4, 0.5) is 0 Å². The fraction of sp³-hybridized carbons (Fsp3) is 0.316. The average molecular weight is 313 g/mol. The van der Waals surface area contributed by atoms with Crippen molar-refractivity contribution < 1.29 is 14.4 Å². The van der Waals surface area contributed by atoms with Crippen LogP contribution in [0.5, 0.6) is 0 Å². The molecule has 0 aliphatic carbocycles. The van der Waals surface area contributed by atoms with Gasteiger partial charge in [-0.25, -0.2) is 5.48 Å². The van der Waals surface area contributed by atoms with E-state index in [0.717, 1.165) is 11.1 Å². The lowest BCUT2D eigenvalue weighted by molar-refractivity contribution is -0.146. The Labute approximate surface area is 137 Å². The predicted molar refractivity (Wildman–Crippen MR) is 89.6 cm³/mol. The van der Waals surface area contributed by atoms with Crippen molar-refractivity contribution in [1.82, 2.24) is 5.48 Å². The number of esters is 1. The molecule has 23 heavy (non-hydrogen) atoms. The van der Waals surface area contributed by atoms with Gasteiger partial charge in [0.2, 0.25) is 0 Å². The molecule has 0 saturated carbocycles. The summed E-state index contributed by atoms with van der Waals surface area (Å²) in [4.78, 5) is 17.4. The molecule has 1 unspecified atom stereocenters. The van der Waals surface area contributed by atoms with Gasteiger partial charge in [-0.05, 0) is 24.5 Å². The molecule has 2 rings (SSSR count). The van der Waals surface area contributed by atoms with Crippen molar-refractivity contribution in [3.8, 4) is 0 Å². The van der Waals surface area contributed by atoms with E-state index >= 15 is 0 Å². The molecule has 0 bridgehead atoms. The highest BCUT2D eigenvalue weighted by Gasteiger charge is 2.19. The lowest BCUT2D eigenvalue weighted by atomic mass is 9.99. The van der Waals surface area contributed by atoms with Gasteiger partial charge in [0, 0.05) is 6.54 Å². The molecule has 1 atom stereocenters. The molecule has 4 heteroatoms. The third-order valence-corrected chi connectivity index (χ3v) is 3.65. The summed E-state index contributed by atoms with van der Waals surface area (Å²) in [5, 5.41) is 0. The Hall–Kier alpha value is -2.17. The highest BCUT2D eigenvalue weighted by Crippen LogP contribution is 2.11. The number of methoxy groups -OCH3 is 1. The van der Waals surface area contributed by atoms with Crippen molar-refractivity contribution in [2.75, 3.05) is 13.7 Å². The van der Waals surface area contributed by atoms with Crippen LogP contribution in [0.25, 0.3) is 0 Å². The average Bonchev–Trinajstić information content (AvgIpc) is 2.59. The van der Waals surface area contributed by atoms with Gasteiger partial charge in [0.15, 0.2) is 0 Å². The van der Waals surface area contributed by atoms with Crippen molar-refractivity contribution in [2.24, 2.45) is 5.92 Å². The molecule has 1 N–H and O–H groups in total. The maximum absolute atomic E-state index is 11.9. The molecule has 0 aromatic heterocycles. The second-order valence-electron chi connectivity index (χ2n) is 5.53. The van der Waals surface area contributed by atoms with E-state index in [4.69, 9.17) is 9.57 Å². The van der Waals surface area contributed by atoms with Crippen LogP contribution in [0.2, 0.25) is 0 Å². The van der Waals surface area contributed by atoms with Crippen molar-refractivity contribution in [2.45, 2.75) is 20.0 Å². The Morgan fingerprint density at radius 3 is 2.39 bits per heavy atom. The van der Waals surface area contributed by atoms with Crippen LogP contribution in [-0.2, 0) is 27.4 Å². The first kappa shape index (κ1) is 17.2. The van der Waals surface area contributed by atoms with E-state index in [2.05, 4.69) is 5.48 Å². The summed E-state index contributed by atoms with van der Waals surface area (Å²) in [7, 11) is 1.41. The van der Waals surface area contributed by atoms with E-state index in [0.29, 0.717) is 19.6 Å². The van der Waals surface area contributed by atoms with E-state index in [-0.39, 0.29) is 11.9 Å². The Balaban J connectivity index is 1.83. The maximum Gasteiger partial charge on any atom is 0.310 e. The first-order valence-electron chi connectivity index (χ1n) is 7.71. The lowest BCUT2D eigenvalue weighted by Gasteiger charge is -2.15. The fourth-order valence-corrected chi connectivity index (χ4v) is 2.28. The Bertz CT molecular complexity index is 596. The summed E-state index contributed by atoms with van der Waals surface area (Å²) in [6.07, 6.45) is 0.620. The van der Waals surface area contributed by atoms with Crippen LogP contribution < -0.4 is 5.48 Å². The number of hydrogen-bond donors (Lipinski definition) is 1. The largest absolute Gasteiger partial charge is 0.469 e. The standard InChI is InChI=1S/C19H23NO3/c1-15-8-10-16(11-9-15)12-18(19(21)22-2)13-20-23-14-17-6-4-3-5-7-17/h3-11,18,20H,12-14H2,1-2H3. The summed E-state index contributed by atoms with van der Waals surface area (Å²) in [5.74, 6) is -0.514. The molecule has 0 spiro atoms. The van der Waals surface area contributed by atoms with Crippen molar-refractivity contribution in [3.63, 3.8) is 0 Å². The highest BCUT2D eigenvalue weighted by molar-refractivity contribution is 5.72. The minimum Gasteiger partial charge on any atom is -0.469 e. The summed E-state index contributed by atoms with van der Waals surface area (Å²) >= 11 is 0. The molecule has 0 aliphatic rings. The second kappa shape index (κ2) is 9.08. The quantitative estimate of drug-likeness (QED) is 0.462. The molecular weight excluding hydrogens is 290 g/mol. The van der Waals surface area contributed by atoms with Crippen LogP contribution in [-0.4, -0.2) is 19.6 Å². The third-order valence-electron chi connectivity index (χ3n) is 3.65. The first-order valence-corrected chi connectivity index (χ1v) is 7.71. The molecule has 4 nitrogen and oxygen atoms in total. The monoisotopic (exact) mass is 313 g/mol. The van der Waals surface area contributed by atoms with Crippen LogP contribution in [0.1, 0.15) is 16.7 Å². The number of hydroxylamine groups is 1.